The molecule has 0 spiro atoms. The van der Waals surface area contributed by atoms with Gasteiger partial charge in [0.25, 0.3) is 0 Å². The van der Waals surface area contributed by atoms with Gasteiger partial charge < -0.3 is 17.2 Å². The van der Waals surface area contributed by atoms with Crippen molar-refractivity contribution in [2.45, 2.75) is 26.8 Å². The number of rotatable bonds is 2. The van der Waals surface area contributed by atoms with Crippen LogP contribution >= 0.6 is 0 Å². The first kappa shape index (κ1) is 17.1. The highest BCUT2D eigenvalue weighted by Gasteiger charge is 2.15. The fourth-order valence-corrected chi connectivity index (χ4v) is 3.07. The molecule has 2 aromatic carbocycles. The van der Waals surface area contributed by atoms with Gasteiger partial charge in [-0.2, -0.15) is 0 Å². The maximum absolute atomic E-state index is 6.10. The van der Waals surface area contributed by atoms with E-state index < -0.39 is 0 Å². The highest BCUT2D eigenvalue weighted by molar-refractivity contribution is 5.87. The Morgan fingerprint density at radius 3 is 1.80 bits per heavy atom. The monoisotopic (exact) mass is 331 g/mol. The van der Waals surface area contributed by atoms with E-state index in [9.17, 15) is 0 Å². The van der Waals surface area contributed by atoms with Gasteiger partial charge in [0.15, 0.2) is 0 Å². The summed E-state index contributed by atoms with van der Waals surface area (Å²) in [5.41, 5.74) is 27.6. The third-order valence-electron chi connectivity index (χ3n) is 4.80. The molecular formula is C22H25N3. The Kier molecular flexibility index (Phi) is 4.51. The molecular weight excluding hydrogens is 306 g/mol. The van der Waals surface area contributed by atoms with E-state index in [0.29, 0.717) is 0 Å². The van der Waals surface area contributed by atoms with Crippen LogP contribution < -0.4 is 17.2 Å². The molecule has 6 N–H and O–H groups in total. The van der Waals surface area contributed by atoms with Gasteiger partial charge in [0.2, 0.25) is 0 Å². The van der Waals surface area contributed by atoms with E-state index >= 15 is 0 Å². The van der Waals surface area contributed by atoms with Crippen molar-refractivity contribution < 1.29 is 0 Å². The Labute approximate surface area is 149 Å². The molecule has 0 amide bonds. The standard InChI is InChI=1S/C22H25N3/c1-13-10-16(4-7-19(13)23)22(17-5-8-20(24)14(2)11-17)18-6-9-21(25)15(3)12-18/h4-12,19H,23-25H2,1-3H3. The molecule has 1 unspecified atom stereocenters. The minimum absolute atomic E-state index is 0.0219. The van der Waals surface area contributed by atoms with Gasteiger partial charge in [-0.25, -0.2) is 0 Å². The number of nitrogens with two attached hydrogens (primary N) is 3. The Bertz CT molecular complexity index is 863. The molecule has 0 fully saturated rings. The highest BCUT2D eigenvalue weighted by Crippen LogP contribution is 2.33. The lowest BCUT2D eigenvalue weighted by molar-refractivity contribution is 0.937. The van der Waals surface area contributed by atoms with Crippen LogP contribution in [-0.2, 0) is 0 Å². The van der Waals surface area contributed by atoms with Crippen molar-refractivity contribution in [3.8, 4) is 0 Å². The number of benzene rings is 2. The Morgan fingerprint density at radius 2 is 1.36 bits per heavy atom. The van der Waals surface area contributed by atoms with Gasteiger partial charge in [-0.1, -0.05) is 35.9 Å². The van der Waals surface area contributed by atoms with E-state index in [1.54, 1.807) is 0 Å². The van der Waals surface area contributed by atoms with E-state index in [0.717, 1.165) is 50.3 Å². The first-order chi connectivity index (χ1) is 11.9. The SMILES string of the molecule is CC1=CC(=C(c2ccc(N)c(C)c2)c2ccc(N)c(C)c2)C=CC1N. The molecule has 1 aliphatic carbocycles. The molecule has 0 saturated carbocycles. The molecule has 1 aliphatic rings. The van der Waals surface area contributed by atoms with Gasteiger partial charge >= 0.3 is 0 Å². The molecule has 3 heteroatoms. The molecule has 0 bridgehead atoms. The lowest BCUT2D eigenvalue weighted by Crippen LogP contribution is -2.20. The molecule has 2 aromatic rings. The largest absolute Gasteiger partial charge is 0.399 e. The third-order valence-corrected chi connectivity index (χ3v) is 4.80. The van der Waals surface area contributed by atoms with Crippen molar-refractivity contribution in [3.05, 3.63) is 88.0 Å². The summed E-state index contributed by atoms with van der Waals surface area (Å²) in [5, 5.41) is 0. The maximum Gasteiger partial charge on any atom is 0.0444 e. The van der Waals surface area contributed by atoms with E-state index in [4.69, 9.17) is 17.2 Å². The van der Waals surface area contributed by atoms with Crippen LogP contribution in [0.5, 0.6) is 0 Å². The molecule has 3 rings (SSSR count). The van der Waals surface area contributed by atoms with Crippen LogP contribution in [0.15, 0.2) is 65.8 Å². The zero-order valence-corrected chi connectivity index (χ0v) is 15.0. The summed E-state index contributed by atoms with van der Waals surface area (Å²) in [6.45, 7) is 6.13. The molecule has 1 atom stereocenters. The molecule has 0 radical (unpaired) electrons. The molecule has 0 aliphatic heterocycles. The van der Waals surface area contributed by atoms with Crippen LogP contribution in [0.1, 0.15) is 29.2 Å². The summed E-state index contributed by atoms with van der Waals surface area (Å²) >= 11 is 0. The Morgan fingerprint density at radius 1 is 0.840 bits per heavy atom. The van der Waals surface area contributed by atoms with Crippen molar-refractivity contribution in [2.24, 2.45) is 5.73 Å². The second-order valence-corrected chi connectivity index (χ2v) is 6.75. The third kappa shape index (κ3) is 3.37. The van der Waals surface area contributed by atoms with E-state index in [1.807, 2.05) is 32.1 Å². The van der Waals surface area contributed by atoms with Crippen LogP contribution in [0.25, 0.3) is 5.57 Å². The summed E-state index contributed by atoms with van der Waals surface area (Å²) in [5.74, 6) is 0. The van der Waals surface area contributed by atoms with E-state index in [2.05, 4.69) is 43.3 Å². The quantitative estimate of drug-likeness (QED) is 0.725. The zero-order valence-electron chi connectivity index (χ0n) is 15.0. The summed E-state index contributed by atoms with van der Waals surface area (Å²) in [7, 11) is 0. The van der Waals surface area contributed by atoms with Crippen molar-refractivity contribution in [3.63, 3.8) is 0 Å². The van der Waals surface area contributed by atoms with E-state index in [-0.39, 0.29) is 6.04 Å². The Hall–Kier alpha value is -2.78. The second-order valence-electron chi connectivity index (χ2n) is 6.75. The lowest BCUT2D eigenvalue weighted by atomic mass is 9.87. The first-order valence-electron chi connectivity index (χ1n) is 8.46. The van der Waals surface area contributed by atoms with Crippen LogP contribution in [0.4, 0.5) is 11.4 Å². The predicted molar refractivity (Wildman–Crippen MR) is 108 cm³/mol. The van der Waals surface area contributed by atoms with Crippen molar-refractivity contribution >= 4 is 16.9 Å². The predicted octanol–water partition coefficient (Wildman–Crippen LogP) is 4.11. The minimum atomic E-state index is -0.0219. The lowest BCUT2D eigenvalue weighted by Gasteiger charge is -2.19. The zero-order chi connectivity index (χ0) is 18.1. The number of aryl methyl sites for hydroxylation is 2. The van der Waals surface area contributed by atoms with Crippen molar-refractivity contribution in [1.29, 1.82) is 0 Å². The molecule has 25 heavy (non-hydrogen) atoms. The molecule has 0 heterocycles. The normalized spacial score (nSPS) is 16.7. The van der Waals surface area contributed by atoms with Crippen molar-refractivity contribution in [1.82, 2.24) is 0 Å². The summed E-state index contributed by atoms with van der Waals surface area (Å²) < 4.78 is 0. The van der Waals surface area contributed by atoms with E-state index in [1.165, 1.54) is 0 Å². The summed E-state index contributed by atoms with van der Waals surface area (Å²) in [4.78, 5) is 0. The van der Waals surface area contributed by atoms with Crippen LogP contribution in [0, 0.1) is 13.8 Å². The van der Waals surface area contributed by atoms with Gasteiger partial charge in [-0.15, -0.1) is 0 Å². The Balaban J connectivity index is 2.27. The van der Waals surface area contributed by atoms with Gasteiger partial charge in [0.05, 0.1) is 0 Å². The van der Waals surface area contributed by atoms with Crippen LogP contribution in [0.3, 0.4) is 0 Å². The molecule has 0 saturated heterocycles. The number of allylic oxidation sites excluding steroid dienone is 3. The smallest absolute Gasteiger partial charge is 0.0444 e. The summed E-state index contributed by atoms with van der Waals surface area (Å²) in [6, 6.07) is 12.3. The number of anilines is 2. The van der Waals surface area contributed by atoms with Gasteiger partial charge in [0.1, 0.15) is 0 Å². The molecule has 0 aromatic heterocycles. The van der Waals surface area contributed by atoms with Gasteiger partial charge in [-0.05, 0) is 78.4 Å². The first-order valence-corrected chi connectivity index (χ1v) is 8.46. The molecule has 3 nitrogen and oxygen atoms in total. The fraction of sp³-hybridized carbons (Fsp3) is 0.182. The number of nitrogen functional groups attached to an aromatic ring is 2. The topological polar surface area (TPSA) is 78.1 Å². The summed E-state index contributed by atoms with van der Waals surface area (Å²) in [6.07, 6.45) is 6.31. The fourth-order valence-electron chi connectivity index (χ4n) is 3.07. The minimum Gasteiger partial charge on any atom is -0.399 e. The number of hydrogen-bond donors (Lipinski definition) is 3. The van der Waals surface area contributed by atoms with Crippen molar-refractivity contribution in [2.75, 3.05) is 11.5 Å². The van der Waals surface area contributed by atoms with Crippen LogP contribution in [-0.4, -0.2) is 6.04 Å². The average Bonchev–Trinajstić information content (AvgIpc) is 2.57. The second kappa shape index (κ2) is 6.61. The number of hydrogen-bond acceptors (Lipinski definition) is 3. The van der Waals surface area contributed by atoms with Gasteiger partial charge in [0, 0.05) is 17.4 Å². The average molecular weight is 331 g/mol. The highest BCUT2D eigenvalue weighted by atomic mass is 14.6. The molecule has 128 valence electrons. The maximum atomic E-state index is 6.10. The van der Waals surface area contributed by atoms with Gasteiger partial charge in [-0.3, -0.25) is 0 Å². The van der Waals surface area contributed by atoms with Crippen LogP contribution in [0.2, 0.25) is 0 Å².